The van der Waals surface area contributed by atoms with Gasteiger partial charge in [-0.15, -0.1) is 11.8 Å². The van der Waals surface area contributed by atoms with Crippen LogP contribution >= 0.6 is 23.5 Å². The SMILES string of the molecule is CC1SCC(C(=O)CC2CCC(F)(F)C2)SC1C. The molecule has 1 saturated heterocycles. The van der Waals surface area contributed by atoms with Crippen LogP contribution in [0.2, 0.25) is 0 Å². The van der Waals surface area contributed by atoms with E-state index in [9.17, 15) is 13.6 Å². The van der Waals surface area contributed by atoms with Crippen LogP contribution in [-0.4, -0.2) is 33.2 Å². The highest BCUT2D eigenvalue weighted by molar-refractivity contribution is 8.08. The lowest BCUT2D eigenvalue weighted by Gasteiger charge is -2.30. The van der Waals surface area contributed by atoms with Crippen LogP contribution in [0, 0.1) is 5.92 Å². The molecule has 0 aromatic carbocycles. The predicted octanol–water partition coefficient (Wildman–Crippen LogP) is 4.01. The van der Waals surface area contributed by atoms with Crippen LogP contribution < -0.4 is 0 Å². The second-order valence-corrected chi connectivity index (χ2v) is 8.50. The van der Waals surface area contributed by atoms with Gasteiger partial charge in [-0.3, -0.25) is 4.79 Å². The minimum atomic E-state index is -2.53. The summed E-state index contributed by atoms with van der Waals surface area (Å²) in [4.78, 5) is 12.1. The van der Waals surface area contributed by atoms with Crippen LogP contribution in [0.1, 0.15) is 39.5 Å². The Balaban J connectivity index is 1.82. The lowest BCUT2D eigenvalue weighted by atomic mass is 9.99. The third kappa shape index (κ3) is 3.62. The Labute approximate surface area is 116 Å². The molecular formula is C13H20F2OS2. The Morgan fingerprint density at radius 1 is 1.33 bits per heavy atom. The minimum absolute atomic E-state index is 0.0235. The molecule has 0 N–H and O–H groups in total. The number of carbonyl (C=O) groups excluding carboxylic acids is 1. The van der Waals surface area contributed by atoms with Gasteiger partial charge in [-0.2, -0.15) is 11.8 Å². The van der Waals surface area contributed by atoms with E-state index in [-0.39, 0.29) is 29.8 Å². The van der Waals surface area contributed by atoms with E-state index in [1.54, 1.807) is 11.8 Å². The van der Waals surface area contributed by atoms with Crippen molar-refractivity contribution >= 4 is 29.3 Å². The Morgan fingerprint density at radius 3 is 2.61 bits per heavy atom. The number of hydrogen-bond donors (Lipinski definition) is 0. The maximum absolute atomic E-state index is 13.1. The maximum atomic E-state index is 13.1. The standard InChI is InChI=1S/C13H20F2OS2/c1-8-9(2)18-12(7-17-8)11(16)5-10-3-4-13(14,15)6-10/h8-10,12H,3-7H2,1-2H3. The van der Waals surface area contributed by atoms with Gasteiger partial charge in [0.15, 0.2) is 0 Å². The van der Waals surface area contributed by atoms with Crippen LogP contribution in [0.25, 0.3) is 0 Å². The molecule has 4 atom stereocenters. The normalized spacial score (nSPS) is 39.8. The first-order valence-electron chi connectivity index (χ1n) is 6.55. The molecule has 0 aromatic rings. The highest BCUT2D eigenvalue weighted by Gasteiger charge is 2.41. The van der Waals surface area contributed by atoms with Gasteiger partial charge in [0.25, 0.3) is 0 Å². The number of halogens is 2. The molecule has 1 nitrogen and oxygen atoms in total. The van der Waals surface area contributed by atoms with Crippen molar-refractivity contribution in [3.63, 3.8) is 0 Å². The van der Waals surface area contributed by atoms with E-state index in [1.807, 2.05) is 11.8 Å². The van der Waals surface area contributed by atoms with Crippen molar-refractivity contribution in [1.29, 1.82) is 0 Å². The summed E-state index contributed by atoms with van der Waals surface area (Å²) >= 11 is 3.56. The Kier molecular flexibility index (Phi) is 4.63. The van der Waals surface area contributed by atoms with Crippen LogP contribution in [-0.2, 0) is 4.79 Å². The topological polar surface area (TPSA) is 17.1 Å². The number of thioether (sulfide) groups is 2. The second kappa shape index (κ2) is 5.70. The summed E-state index contributed by atoms with van der Waals surface area (Å²) in [5.41, 5.74) is 0. The quantitative estimate of drug-likeness (QED) is 0.783. The summed E-state index contributed by atoms with van der Waals surface area (Å²) in [6, 6.07) is 0. The predicted molar refractivity (Wildman–Crippen MR) is 74.7 cm³/mol. The molecular weight excluding hydrogens is 274 g/mol. The van der Waals surface area contributed by atoms with Gasteiger partial charge in [0.2, 0.25) is 5.92 Å². The minimum Gasteiger partial charge on any atom is -0.298 e. The summed E-state index contributed by atoms with van der Waals surface area (Å²) in [5, 5.41) is 1.08. The van der Waals surface area contributed by atoms with E-state index >= 15 is 0 Å². The van der Waals surface area contributed by atoms with E-state index in [0.717, 1.165) is 5.75 Å². The molecule has 1 aliphatic heterocycles. The number of Topliss-reactive ketones (excluding diaryl/α,β-unsaturated/α-hetero) is 1. The fourth-order valence-electron chi connectivity index (χ4n) is 2.58. The summed E-state index contributed by atoms with van der Waals surface area (Å²) < 4.78 is 26.2. The smallest absolute Gasteiger partial charge is 0.248 e. The van der Waals surface area contributed by atoms with Crippen molar-refractivity contribution < 1.29 is 13.6 Å². The number of ketones is 1. The lowest BCUT2D eigenvalue weighted by molar-refractivity contribution is -0.119. The molecule has 1 heterocycles. The van der Waals surface area contributed by atoms with E-state index in [0.29, 0.717) is 23.3 Å². The van der Waals surface area contributed by atoms with Gasteiger partial charge in [-0.1, -0.05) is 13.8 Å². The first kappa shape index (κ1) is 14.6. The molecule has 0 amide bonds. The molecule has 0 aromatic heterocycles. The van der Waals surface area contributed by atoms with E-state index < -0.39 is 5.92 Å². The number of alkyl halides is 2. The Morgan fingerprint density at radius 2 is 2.06 bits per heavy atom. The fraction of sp³-hybridized carbons (Fsp3) is 0.923. The molecule has 0 bridgehead atoms. The molecule has 1 aliphatic carbocycles. The van der Waals surface area contributed by atoms with Crippen molar-refractivity contribution in [3.05, 3.63) is 0 Å². The van der Waals surface area contributed by atoms with Crippen molar-refractivity contribution in [3.8, 4) is 0 Å². The number of carbonyl (C=O) groups is 1. The monoisotopic (exact) mass is 294 g/mol. The Bertz CT molecular complexity index is 322. The number of hydrogen-bond acceptors (Lipinski definition) is 3. The second-order valence-electron chi connectivity index (χ2n) is 5.50. The lowest BCUT2D eigenvalue weighted by Crippen LogP contribution is -2.32. The average molecular weight is 294 g/mol. The molecule has 1 saturated carbocycles. The molecule has 18 heavy (non-hydrogen) atoms. The van der Waals surface area contributed by atoms with Gasteiger partial charge in [-0.25, -0.2) is 8.78 Å². The zero-order valence-electron chi connectivity index (χ0n) is 10.8. The van der Waals surface area contributed by atoms with Gasteiger partial charge in [0.1, 0.15) is 5.78 Å². The Hall–Kier alpha value is 0.230. The zero-order chi connectivity index (χ0) is 13.3. The molecule has 2 aliphatic rings. The molecule has 2 fully saturated rings. The first-order chi connectivity index (χ1) is 8.37. The van der Waals surface area contributed by atoms with Crippen molar-refractivity contribution in [2.24, 2.45) is 5.92 Å². The van der Waals surface area contributed by atoms with Gasteiger partial charge in [-0.05, 0) is 12.3 Å². The molecule has 0 radical (unpaired) electrons. The maximum Gasteiger partial charge on any atom is 0.248 e. The highest BCUT2D eigenvalue weighted by atomic mass is 32.2. The van der Waals surface area contributed by atoms with Gasteiger partial charge < -0.3 is 0 Å². The van der Waals surface area contributed by atoms with Gasteiger partial charge in [0, 0.05) is 35.5 Å². The van der Waals surface area contributed by atoms with E-state index in [2.05, 4.69) is 13.8 Å². The van der Waals surface area contributed by atoms with E-state index in [4.69, 9.17) is 0 Å². The average Bonchev–Trinajstić information content (AvgIpc) is 2.62. The van der Waals surface area contributed by atoms with Crippen LogP contribution in [0.3, 0.4) is 0 Å². The van der Waals surface area contributed by atoms with Crippen molar-refractivity contribution in [2.75, 3.05) is 5.75 Å². The fourth-order valence-corrected chi connectivity index (χ4v) is 5.49. The van der Waals surface area contributed by atoms with Crippen molar-refractivity contribution in [2.45, 2.75) is 61.2 Å². The van der Waals surface area contributed by atoms with Crippen LogP contribution in [0.5, 0.6) is 0 Å². The molecule has 4 unspecified atom stereocenters. The van der Waals surface area contributed by atoms with Gasteiger partial charge >= 0.3 is 0 Å². The third-order valence-corrected chi connectivity index (χ3v) is 7.34. The van der Waals surface area contributed by atoms with E-state index in [1.165, 1.54) is 0 Å². The largest absolute Gasteiger partial charge is 0.298 e. The van der Waals surface area contributed by atoms with Gasteiger partial charge in [0.05, 0.1) is 5.25 Å². The first-order valence-corrected chi connectivity index (χ1v) is 8.54. The van der Waals surface area contributed by atoms with Crippen molar-refractivity contribution in [1.82, 2.24) is 0 Å². The summed E-state index contributed by atoms with van der Waals surface area (Å²) in [5.74, 6) is -1.58. The van der Waals surface area contributed by atoms with Crippen LogP contribution in [0.15, 0.2) is 0 Å². The summed E-state index contributed by atoms with van der Waals surface area (Å²) in [6.45, 7) is 4.33. The third-order valence-electron chi connectivity index (χ3n) is 3.91. The molecule has 104 valence electrons. The zero-order valence-corrected chi connectivity index (χ0v) is 12.5. The molecule has 0 spiro atoms. The summed E-state index contributed by atoms with van der Waals surface area (Å²) in [7, 11) is 0. The van der Waals surface area contributed by atoms with Crippen LogP contribution in [0.4, 0.5) is 8.78 Å². The molecule has 2 rings (SSSR count). The highest BCUT2D eigenvalue weighted by Crippen LogP contribution is 2.42. The number of rotatable bonds is 3. The molecule has 5 heteroatoms. The summed E-state index contributed by atoms with van der Waals surface area (Å²) in [6.07, 6.45) is 0.740.